The van der Waals surface area contributed by atoms with Crippen molar-refractivity contribution in [2.45, 2.75) is 12.8 Å². The molecule has 2 amide bonds. The lowest BCUT2D eigenvalue weighted by atomic mass is 9.95. The van der Waals surface area contributed by atoms with Gasteiger partial charge in [-0.25, -0.2) is 0 Å². The summed E-state index contributed by atoms with van der Waals surface area (Å²) in [5.74, 6) is 1.20. The first-order chi connectivity index (χ1) is 14.1. The van der Waals surface area contributed by atoms with Crippen molar-refractivity contribution in [2.75, 3.05) is 39.7 Å². The largest absolute Gasteiger partial charge is 0.496 e. The second-order valence-corrected chi connectivity index (χ2v) is 6.79. The fourth-order valence-corrected chi connectivity index (χ4v) is 3.55. The molecule has 2 aromatic carbocycles. The zero-order valence-electron chi connectivity index (χ0n) is 16.9. The van der Waals surface area contributed by atoms with E-state index < -0.39 is 0 Å². The van der Waals surface area contributed by atoms with Crippen LogP contribution in [0.4, 0.5) is 5.69 Å². The Morgan fingerprint density at radius 1 is 0.862 bits per heavy atom. The molecule has 0 saturated carbocycles. The molecule has 0 bridgehead atoms. The molecule has 0 unspecified atom stereocenters. The van der Waals surface area contributed by atoms with Crippen LogP contribution in [0.2, 0.25) is 0 Å². The van der Waals surface area contributed by atoms with Gasteiger partial charge in [-0.05, 0) is 37.1 Å². The fraction of sp³-hybridized carbons (Fsp3) is 0.364. The van der Waals surface area contributed by atoms with Crippen LogP contribution in [0.3, 0.4) is 0 Å². The van der Waals surface area contributed by atoms with Crippen molar-refractivity contribution < 1.29 is 23.8 Å². The molecule has 1 heterocycles. The number of hydrogen-bond acceptors (Lipinski definition) is 5. The van der Waals surface area contributed by atoms with Gasteiger partial charge in [0.25, 0.3) is 5.91 Å². The molecule has 29 heavy (non-hydrogen) atoms. The number of benzene rings is 2. The Kier molecular flexibility index (Phi) is 6.59. The van der Waals surface area contributed by atoms with Gasteiger partial charge in [-0.2, -0.15) is 0 Å². The minimum absolute atomic E-state index is 0.0588. The normalized spacial score (nSPS) is 14.2. The van der Waals surface area contributed by atoms with Gasteiger partial charge in [0.1, 0.15) is 22.8 Å². The van der Waals surface area contributed by atoms with E-state index in [0.717, 1.165) is 0 Å². The van der Waals surface area contributed by atoms with Crippen LogP contribution >= 0.6 is 0 Å². The number of rotatable bonds is 6. The summed E-state index contributed by atoms with van der Waals surface area (Å²) >= 11 is 0. The number of methoxy groups -OCH3 is 3. The summed E-state index contributed by atoms with van der Waals surface area (Å²) in [4.78, 5) is 27.5. The van der Waals surface area contributed by atoms with E-state index in [2.05, 4.69) is 5.32 Å². The maximum atomic E-state index is 13.1. The molecular formula is C22H26N2O5. The molecule has 0 radical (unpaired) electrons. The third-order valence-electron chi connectivity index (χ3n) is 5.16. The molecule has 0 aromatic heterocycles. The van der Waals surface area contributed by atoms with Crippen LogP contribution in [0, 0.1) is 5.92 Å². The van der Waals surface area contributed by atoms with Crippen LogP contribution in [0.25, 0.3) is 0 Å². The van der Waals surface area contributed by atoms with Crippen LogP contribution in [-0.2, 0) is 4.79 Å². The van der Waals surface area contributed by atoms with Gasteiger partial charge in [0.2, 0.25) is 5.91 Å². The third-order valence-corrected chi connectivity index (χ3v) is 5.16. The average molecular weight is 398 g/mol. The van der Waals surface area contributed by atoms with Crippen molar-refractivity contribution in [1.29, 1.82) is 0 Å². The molecule has 1 fully saturated rings. The Morgan fingerprint density at radius 3 is 2.00 bits per heavy atom. The third kappa shape index (κ3) is 4.45. The van der Waals surface area contributed by atoms with Crippen LogP contribution in [0.15, 0.2) is 42.5 Å². The average Bonchev–Trinajstić information content (AvgIpc) is 2.78. The standard InChI is InChI=1S/C22H26N2O5/c1-27-17-8-5-4-7-16(17)23-21(25)15-11-13-24(14-12-15)22(26)20-18(28-2)9-6-10-19(20)29-3/h4-10,15H,11-14H2,1-3H3,(H,23,25). The number of likely N-dealkylation sites (tertiary alicyclic amines) is 1. The molecule has 0 aliphatic carbocycles. The first kappa shape index (κ1) is 20.5. The van der Waals surface area contributed by atoms with Gasteiger partial charge < -0.3 is 24.4 Å². The second kappa shape index (κ2) is 9.32. The highest BCUT2D eigenvalue weighted by molar-refractivity contribution is 6.00. The summed E-state index contributed by atoms with van der Waals surface area (Å²) in [5, 5.41) is 2.94. The zero-order valence-corrected chi connectivity index (χ0v) is 16.9. The molecule has 0 atom stereocenters. The molecule has 0 spiro atoms. The van der Waals surface area contributed by atoms with E-state index in [1.165, 1.54) is 14.2 Å². The van der Waals surface area contributed by atoms with Crippen LogP contribution in [0.1, 0.15) is 23.2 Å². The molecule has 1 saturated heterocycles. The van der Waals surface area contributed by atoms with Crippen molar-refractivity contribution in [2.24, 2.45) is 5.92 Å². The van der Waals surface area contributed by atoms with Crippen molar-refractivity contribution in [1.82, 2.24) is 4.90 Å². The number of amides is 2. The number of anilines is 1. The summed E-state index contributed by atoms with van der Waals surface area (Å²) in [6, 6.07) is 12.6. The predicted molar refractivity (Wildman–Crippen MR) is 110 cm³/mol. The van der Waals surface area contributed by atoms with Crippen molar-refractivity contribution in [3.8, 4) is 17.2 Å². The Balaban J connectivity index is 1.65. The summed E-state index contributed by atoms with van der Waals surface area (Å²) in [6.45, 7) is 0.980. The highest BCUT2D eigenvalue weighted by Crippen LogP contribution is 2.31. The number of carbonyl (C=O) groups is 2. The van der Waals surface area contributed by atoms with Crippen molar-refractivity contribution >= 4 is 17.5 Å². The predicted octanol–water partition coefficient (Wildman–Crippen LogP) is 3.20. The molecule has 1 aliphatic heterocycles. The summed E-state index contributed by atoms with van der Waals surface area (Å²) in [6.07, 6.45) is 1.17. The number of para-hydroxylation sites is 2. The maximum absolute atomic E-state index is 13.1. The molecule has 3 rings (SSSR count). The number of carbonyl (C=O) groups excluding carboxylic acids is 2. The van der Waals surface area contributed by atoms with Gasteiger partial charge in [-0.15, -0.1) is 0 Å². The monoisotopic (exact) mass is 398 g/mol. The van der Waals surface area contributed by atoms with Gasteiger partial charge in [0, 0.05) is 19.0 Å². The minimum Gasteiger partial charge on any atom is -0.496 e. The van der Waals surface area contributed by atoms with E-state index in [-0.39, 0.29) is 17.7 Å². The topological polar surface area (TPSA) is 77.1 Å². The van der Waals surface area contributed by atoms with Gasteiger partial charge in [0.05, 0.1) is 27.0 Å². The van der Waals surface area contributed by atoms with Crippen LogP contribution < -0.4 is 19.5 Å². The Bertz CT molecular complexity index is 853. The minimum atomic E-state index is -0.163. The Labute approximate surface area is 170 Å². The van der Waals surface area contributed by atoms with Gasteiger partial charge in [0.15, 0.2) is 0 Å². The SMILES string of the molecule is COc1ccccc1NC(=O)C1CCN(C(=O)c2c(OC)cccc2OC)CC1. The van der Waals surface area contributed by atoms with E-state index >= 15 is 0 Å². The molecular weight excluding hydrogens is 372 g/mol. The highest BCUT2D eigenvalue weighted by Gasteiger charge is 2.30. The summed E-state index contributed by atoms with van der Waals surface area (Å²) in [7, 11) is 4.63. The molecule has 1 N–H and O–H groups in total. The fourth-order valence-electron chi connectivity index (χ4n) is 3.55. The number of hydrogen-bond donors (Lipinski definition) is 1. The molecule has 154 valence electrons. The van der Waals surface area contributed by atoms with Crippen molar-refractivity contribution in [3.63, 3.8) is 0 Å². The Hall–Kier alpha value is -3.22. The van der Waals surface area contributed by atoms with E-state index in [1.54, 1.807) is 36.3 Å². The van der Waals surface area contributed by atoms with E-state index in [9.17, 15) is 9.59 Å². The molecule has 2 aromatic rings. The maximum Gasteiger partial charge on any atom is 0.261 e. The quantitative estimate of drug-likeness (QED) is 0.809. The molecule has 1 aliphatic rings. The van der Waals surface area contributed by atoms with E-state index in [0.29, 0.717) is 54.4 Å². The first-order valence-electron chi connectivity index (χ1n) is 9.53. The Morgan fingerprint density at radius 2 is 1.41 bits per heavy atom. The van der Waals surface area contributed by atoms with Gasteiger partial charge in [-0.3, -0.25) is 9.59 Å². The first-order valence-corrected chi connectivity index (χ1v) is 9.53. The summed E-state index contributed by atoms with van der Waals surface area (Å²) < 4.78 is 16.0. The number of ether oxygens (including phenoxy) is 3. The van der Waals surface area contributed by atoms with E-state index in [1.807, 2.05) is 18.2 Å². The van der Waals surface area contributed by atoms with E-state index in [4.69, 9.17) is 14.2 Å². The lowest BCUT2D eigenvalue weighted by molar-refractivity contribution is -0.121. The molecule has 7 nitrogen and oxygen atoms in total. The van der Waals surface area contributed by atoms with Crippen LogP contribution in [-0.4, -0.2) is 51.1 Å². The van der Waals surface area contributed by atoms with Crippen molar-refractivity contribution in [3.05, 3.63) is 48.0 Å². The number of nitrogens with one attached hydrogen (secondary N) is 1. The smallest absolute Gasteiger partial charge is 0.261 e. The number of nitrogens with zero attached hydrogens (tertiary/aromatic N) is 1. The molecule has 7 heteroatoms. The summed E-state index contributed by atoms with van der Waals surface area (Å²) in [5.41, 5.74) is 1.06. The lowest BCUT2D eigenvalue weighted by Crippen LogP contribution is -2.41. The zero-order chi connectivity index (χ0) is 20.8. The number of piperidine rings is 1. The second-order valence-electron chi connectivity index (χ2n) is 6.79. The van der Waals surface area contributed by atoms with Crippen LogP contribution in [0.5, 0.6) is 17.2 Å². The van der Waals surface area contributed by atoms with Gasteiger partial charge >= 0.3 is 0 Å². The highest BCUT2D eigenvalue weighted by atomic mass is 16.5. The lowest BCUT2D eigenvalue weighted by Gasteiger charge is -2.32. The van der Waals surface area contributed by atoms with Gasteiger partial charge in [-0.1, -0.05) is 18.2 Å².